The van der Waals surface area contributed by atoms with E-state index in [1.807, 2.05) is 13.8 Å². The van der Waals surface area contributed by atoms with Crippen LogP contribution in [0.5, 0.6) is 11.5 Å². The van der Waals surface area contributed by atoms with Gasteiger partial charge in [0.2, 0.25) is 0 Å². The van der Waals surface area contributed by atoms with Crippen molar-refractivity contribution >= 4 is 0 Å². The third-order valence-electron chi connectivity index (χ3n) is 7.60. The number of benzene rings is 1. The van der Waals surface area contributed by atoms with E-state index in [9.17, 15) is 5.11 Å². The van der Waals surface area contributed by atoms with Crippen molar-refractivity contribution in [2.75, 3.05) is 0 Å². The predicted octanol–water partition coefficient (Wildman–Crippen LogP) is 8.76. The van der Waals surface area contributed by atoms with Gasteiger partial charge in [-0.15, -0.1) is 0 Å². The molecule has 0 bridgehead atoms. The van der Waals surface area contributed by atoms with Gasteiger partial charge in [0, 0.05) is 5.56 Å². The molecule has 0 saturated heterocycles. The van der Waals surface area contributed by atoms with Crippen molar-refractivity contribution in [2.45, 2.75) is 125 Å². The van der Waals surface area contributed by atoms with Crippen LogP contribution >= 0.6 is 0 Å². The summed E-state index contributed by atoms with van der Waals surface area (Å²) in [4.78, 5) is 0. The van der Waals surface area contributed by atoms with Gasteiger partial charge in [0.05, 0.1) is 0 Å². The fourth-order valence-corrected chi connectivity index (χ4v) is 5.06. The number of fused-ring (bicyclic) bond motifs is 1. The summed E-state index contributed by atoms with van der Waals surface area (Å²) < 4.78 is 6.60. The minimum absolute atomic E-state index is 0.0766. The normalized spacial score (nSPS) is 20.0. The zero-order valence-corrected chi connectivity index (χ0v) is 21.7. The van der Waals surface area contributed by atoms with Crippen molar-refractivity contribution in [2.24, 2.45) is 11.8 Å². The van der Waals surface area contributed by atoms with Crippen molar-refractivity contribution in [1.29, 1.82) is 0 Å². The van der Waals surface area contributed by atoms with Gasteiger partial charge in [0.15, 0.2) is 0 Å². The Morgan fingerprint density at radius 1 is 0.968 bits per heavy atom. The fourth-order valence-electron chi connectivity index (χ4n) is 5.06. The summed E-state index contributed by atoms with van der Waals surface area (Å²) in [6.45, 7) is 17.6. The van der Waals surface area contributed by atoms with Crippen molar-refractivity contribution in [1.82, 2.24) is 0 Å². The van der Waals surface area contributed by atoms with Gasteiger partial charge in [0.1, 0.15) is 17.1 Å². The SMILES string of the molecule is CC(C)=CCCC(C)CCCC(C)CCCC1(C)CCc2c(C)c(O)c(C)c(C)c2O1. The molecule has 3 atom stereocenters. The fraction of sp³-hybridized carbons (Fsp3) is 0.724. The van der Waals surface area contributed by atoms with Crippen molar-refractivity contribution in [3.05, 3.63) is 33.9 Å². The van der Waals surface area contributed by atoms with Crippen LogP contribution in [0.2, 0.25) is 0 Å². The van der Waals surface area contributed by atoms with Gasteiger partial charge in [-0.1, -0.05) is 51.2 Å². The van der Waals surface area contributed by atoms with E-state index < -0.39 is 0 Å². The zero-order valence-electron chi connectivity index (χ0n) is 21.7. The molecule has 0 fully saturated rings. The Labute approximate surface area is 192 Å². The van der Waals surface area contributed by atoms with Gasteiger partial charge >= 0.3 is 0 Å². The molecule has 1 aliphatic rings. The van der Waals surface area contributed by atoms with Crippen LogP contribution in [0.1, 0.15) is 115 Å². The largest absolute Gasteiger partial charge is 0.507 e. The number of rotatable bonds is 11. The van der Waals surface area contributed by atoms with Gasteiger partial charge in [-0.05, 0) is 109 Å². The van der Waals surface area contributed by atoms with Crippen LogP contribution in [0.15, 0.2) is 11.6 Å². The Balaban J connectivity index is 1.76. The molecule has 2 rings (SSSR count). The molecule has 0 aliphatic carbocycles. The molecular formula is C29H48O2. The Hall–Kier alpha value is -1.44. The lowest BCUT2D eigenvalue weighted by Gasteiger charge is -2.38. The Morgan fingerprint density at radius 3 is 2.23 bits per heavy atom. The Bertz CT molecular complexity index is 757. The van der Waals surface area contributed by atoms with Crippen LogP contribution in [0, 0.1) is 32.6 Å². The number of phenols is 1. The second-order valence-electron chi connectivity index (χ2n) is 11.0. The standard InChI is InChI=1S/C29H48O2/c1-20(2)12-9-13-21(3)14-10-15-22(4)16-11-18-29(8)19-17-26-25(7)27(30)23(5)24(6)28(26)31-29/h12,21-22,30H,9-11,13-19H2,1-8H3. The highest BCUT2D eigenvalue weighted by Gasteiger charge is 2.34. The molecule has 1 aromatic carbocycles. The van der Waals surface area contributed by atoms with Gasteiger partial charge in [-0.3, -0.25) is 0 Å². The van der Waals surface area contributed by atoms with E-state index in [1.165, 1.54) is 56.1 Å². The maximum Gasteiger partial charge on any atom is 0.127 e. The number of hydrogen-bond acceptors (Lipinski definition) is 2. The second kappa shape index (κ2) is 11.4. The lowest BCUT2D eigenvalue weighted by atomic mass is 9.84. The van der Waals surface area contributed by atoms with E-state index in [-0.39, 0.29) is 5.60 Å². The Kier molecular flexibility index (Phi) is 9.52. The molecule has 0 saturated carbocycles. The third-order valence-corrected chi connectivity index (χ3v) is 7.60. The zero-order chi connectivity index (χ0) is 23.2. The van der Waals surface area contributed by atoms with E-state index in [0.717, 1.165) is 53.5 Å². The molecule has 0 aromatic heterocycles. The van der Waals surface area contributed by atoms with E-state index >= 15 is 0 Å². The van der Waals surface area contributed by atoms with Crippen LogP contribution in [0.25, 0.3) is 0 Å². The highest BCUT2D eigenvalue weighted by Crippen LogP contribution is 2.44. The van der Waals surface area contributed by atoms with Crippen LogP contribution in [-0.2, 0) is 6.42 Å². The second-order valence-corrected chi connectivity index (χ2v) is 11.0. The van der Waals surface area contributed by atoms with E-state index in [4.69, 9.17) is 4.74 Å². The molecule has 3 unspecified atom stereocenters. The van der Waals surface area contributed by atoms with Crippen molar-refractivity contribution in [3.63, 3.8) is 0 Å². The smallest absolute Gasteiger partial charge is 0.127 e. The highest BCUT2D eigenvalue weighted by atomic mass is 16.5. The van der Waals surface area contributed by atoms with Gasteiger partial charge < -0.3 is 9.84 Å². The monoisotopic (exact) mass is 428 g/mol. The highest BCUT2D eigenvalue weighted by molar-refractivity contribution is 5.58. The molecule has 176 valence electrons. The Morgan fingerprint density at radius 2 is 1.58 bits per heavy atom. The van der Waals surface area contributed by atoms with E-state index in [2.05, 4.69) is 47.6 Å². The number of phenolic OH excluding ortho intramolecular Hbond substituents is 1. The first-order valence-electron chi connectivity index (χ1n) is 12.7. The number of allylic oxidation sites excluding steroid dienone is 2. The van der Waals surface area contributed by atoms with Crippen molar-refractivity contribution < 1.29 is 9.84 Å². The first-order chi connectivity index (χ1) is 14.5. The maximum atomic E-state index is 10.4. The van der Waals surface area contributed by atoms with Gasteiger partial charge in [0.25, 0.3) is 0 Å². The first-order valence-corrected chi connectivity index (χ1v) is 12.7. The average molecular weight is 429 g/mol. The van der Waals surface area contributed by atoms with Crippen molar-refractivity contribution in [3.8, 4) is 11.5 Å². The van der Waals surface area contributed by atoms with Crippen LogP contribution < -0.4 is 4.74 Å². The molecule has 1 aliphatic heterocycles. The number of aromatic hydroxyl groups is 1. The summed E-state index contributed by atoms with van der Waals surface area (Å²) in [5.74, 6) is 3.12. The summed E-state index contributed by atoms with van der Waals surface area (Å²) in [6.07, 6.45) is 14.7. The molecule has 0 spiro atoms. The minimum atomic E-state index is -0.0766. The maximum absolute atomic E-state index is 10.4. The van der Waals surface area contributed by atoms with E-state index in [1.54, 1.807) is 0 Å². The molecule has 0 amide bonds. The summed E-state index contributed by atoms with van der Waals surface area (Å²) in [5, 5.41) is 10.4. The summed E-state index contributed by atoms with van der Waals surface area (Å²) in [6, 6.07) is 0. The predicted molar refractivity (Wildman–Crippen MR) is 134 cm³/mol. The molecule has 2 nitrogen and oxygen atoms in total. The molecule has 1 aromatic rings. The number of hydrogen-bond donors (Lipinski definition) is 1. The van der Waals surface area contributed by atoms with Gasteiger partial charge in [-0.2, -0.15) is 0 Å². The van der Waals surface area contributed by atoms with Crippen LogP contribution in [0.4, 0.5) is 0 Å². The minimum Gasteiger partial charge on any atom is -0.507 e. The summed E-state index contributed by atoms with van der Waals surface area (Å²) in [7, 11) is 0. The van der Waals surface area contributed by atoms with E-state index in [0.29, 0.717) is 5.75 Å². The molecule has 2 heteroatoms. The van der Waals surface area contributed by atoms with Crippen LogP contribution in [0.3, 0.4) is 0 Å². The third kappa shape index (κ3) is 7.29. The first kappa shape index (κ1) is 25.8. The van der Waals surface area contributed by atoms with Crippen LogP contribution in [-0.4, -0.2) is 10.7 Å². The summed E-state index contributed by atoms with van der Waals surface area (Å²) in [5.41, 5.74) is 5.65. The number of ether oxygens (including phenoxy) is 1. The quantitative estimate of drug-likeness (QED) is 0.357. The lowest BCUT2D eigenvalue weighted by Crippen LogP contribution is -2.37. The molecule has 0 radical (unpaired) electrons. The average Bonchev–Trinajstić information content (AvgIpc) is 2.70. The molecular weight excluding hydrogens is 380 g/mol. The molecule has 31 heavy (non-hydrogen) atoms. The van der Waals surface area contributed by atoms with Gasteiger partial charge in [-0.25, -0.2) is 0 Å². The topological polar surface area (TPSA) is 29.5 Å². The molecule has 1 N–H and O–H groups in total. The lowest BCUT2D eigenvalue weighted by molar-refractivity contribution is 0.0512. The summed E-state index contributed by atoms with van der Waals surface area (Å²) >= 11 is 0. The molecule has 1 heterocycles.